The van der Waals surface area contributed by atoms with Gasteiger partial charge < -0.3 is 15.4 Å². The molecule has 0 aromatic carbocycles. The van der Waals surface area contributed by atoms with Crippen LogP contribution in [0.1, 0.15) is 25.7 Å². The van der Waals surface area contributed by atoms with Crippen LogP contribution in [-0.4, -0.2) is 39.3 Å². The van der Waals surface area contributed by atoms with Gasteiger partial charge in [-0.2, -0.15) is 0 Å². The summed E-state index contributed by atoms with van der Waals surface area (Å²) in [6.07, 6.45) is 4.28. The molecule has 0 aromatic heterocycles. The van der Waals surface area contributed by atoms with Crippen LogP contribution in [0, 0.1) is 5.92 Å². The average Bonchev–Trinajstić information content (AvgIpc) is 2.29. The van der Waals surface area contributed by atoms with E-state index in [4.69, 9.17) is 0 Å². The lowest BCUT2D eigenvalue weighted by atomic mass is 9.95. The molecule has 0 radical (unpaired) electrons. The molecule has 0 unspecified atom stereocenters. The quantitative estimate of drug-likeness (QED) is 0.500. The number of rotatable bonds is 6. The molecule has 1 aliphatic rings. The van der Waals surface area contributed by atoms with Crippen LogP contribution >= 0.6 is 0 Å². The average molecular weight is 214 g/mol. The molecule has 1 heterocycles. The van der Waals surface area contributed by atoms with Gasteiger partial charge in [0, 0.05) is 6.54 Å². The molecule has 4 nitrogen and oxygen atoms in total. The largest absolute Gasteiger partial charge is 0.469 e. The zero-order valence-electron chi connectivity index (χ0n) is 9.55. The van der Waals surface area contributed by atoms with Crippen LogP contribution in [0.5, 0.6) is 0 Å². The molecule has 0 aromatic rings. The van der Waals surface area contributed by atoms with Gasteiger partial charge in [0.1, 0.15) is 0 Å². The van der Waals surface area contributed by atoms with Crippen LogP contribution in [0.2, 0.25) is 0 Å². The molecule has 4 heteroatoms. The molecule has 0 amide bonds. The molecule has 1 saturated heterocycles. The van der Waals surface area contributed by atoms with E-state index >= 15 is 0 Å². The Morgan fingerprint density at radius 2 is 2.13 bits per heavy atom. The van der Waals surface area contributed by atoms with Crippen LogP contribution < -0.4 is 10.6 Å². The first-order chi connectivity index (χ1) is 7.33. The minimum Gasteiger partial charge on any atom is -0.469 e. The minimum absolute atomic E-state index is 0.135. The number of piperidine rings is 1. The van der Waals surface area contributed by atoms with Gasteiger partial charge in [0.05, 0.1) is 13.5 Å². The second-order valence-corrected chi connectivity index (χ2v) is 4.06. The summed E-state index contributed by atoms with van der Waals surface area (Å²) in [5.74, 6) is 0.723. The highest BCUT2D eigenvalue weighted by Gasteiger charge is 2.11. The number of carbonyl (C=O) groups is 1. The van der Waals surface area contributed by atoms with Crippen molar-refractivity contribution in [3.63, 3.8) is 0 Å². The van der Waals surface area contributed by atoms with Crippen molar-refractivity contribution in [2.24, 2.45) is 5.92 Å². The van der Waals surface area contributed by atoms with E-state index in [0.717, 1.165) is 32.1 Å². The Balaban J connectivity index is 1.89. The third-order valence-corrected chi connectivity index (χ3v) is 2.92. The van der Waals surface area contributed by atoms with Gasteiger partial charge in [-0.1, -0.05) is 0 Å². The summed E-state index contributed by atoms with van der Waals surface area (Å²) in [7, 11) is 1.43. The van der Waals surface area contributed by atoms with Crippen LogP contribution in [0.4, 0.5) is 0 Å². The highest BCUT2D eigenvalue weighted by Crippen LogP contribution is 2.14. The molecule has 15 heavy (non-hydrogen) atoms. The lowest BCUT2D eigenvalue weighted by Gasteiger charge is -2.22. The lowest BCUT2D eigenvalue weighted by molar-refractivity contribution is -0.140. The molecule has 1 aliphatic heterocycles. The molecule has 2 N–H and O–H groups in total. The van der Waals surface area contributed by atoms with E-state index in [1.807, 2.05) is 0 Å². The number of nitrogens with one attached hydrogen (secondary N) is 2. The van der Waals surface area contributed by atoms with Gasteiger partial charge in [-0.05, 0) is 44.8 Å². The van der Waals surface area contributed by atoms with Gasteiger partial charge in [0.2, 0.25) is 0 Å². The predicted octanol–water partition coefficient (Wildman–Crippen LogP) is 0.529. The van der Waals surface area contributed by atoms with Crippen LogP contribution in [0.15, 0.2) is 0 Å². The SMILES string of the molecule is COC(=O)CCNCCC1CCNCC1. The van der Waals surface area contributed by atoms with E-state index in [-0.39, 0.29) is 5.97 Å². The molecule has 1 fully saturated rings. The van der Waals surface area contributed by atoms with Crippen molar-refractivity contribution in [3.05, 3.63) is 0 Å². The van der Waals surface area contributed by atoms with Crippen LogP contribution in [-0.2, 0) is 9.53 Å². The van der Waals surface area contributed by atoms with Gasteiger partial charge in [-0.3, -0.25) is 4.79 Å². The molecule has 0 bridgehead atoms. The zero-order valence-corrected chi connectivity index (χ0v) is 9.55. The number of carbonyl (C=O) groups excluding carboxylic acids is 1. The summed E-state index contributed by atoms with van der Waals surface area (Å²) in [6, 6.07) is 0. The monoisotopic (exact) mass is 214 g/mol. The number of methoxy groups -OCH3 is 1. The van der Waals surface area contributed by atoms with Gasteiger partial charge in [-0.25, -0.2) is 0 Å². The third kappa shape index (κ3) is 5.74. The summed E-state index contributed by atoms with van der Waals surface area (Å²) >= 11 is 0. The summed E-state index contributed by atoms with van der Waals surface area (Å²) in [4.78, 5) is 10.8. The van der Waals surface area contributed by atoms with Crippen molar-refractivity contribution >= 4 is 5.97 Å². The Hall–Kier alpha value is -0.610. The van der Waals surface area contributed by atoms with E-state index in [0.29, 0.717) is 6.42 Å². The predicted molar refractivity (Wildman–Crippen MR) is 59.7 cm³/mol. The van der Waals surface area contributed by atoms with Gasteiger partial charge in [0.25, 0.3) is 0 Å². The van der Waals surface area contributed by atoms with E-state index in [1.165, 1.54) is 26.4 Å². The molecular formula is C11H22N2O2. The Bertz CT molecular complexity index is 179. The Kier molecular flexibility index (Phi) is 6.36. The second kappa shape index (κ2) is 7.65. The third-order valence-electron chi connectivity index (χ3n) is 2.92. The lowest BCUT2D eigenvalue weighted by Crippen LogP contribution is -2.30. The fourth-order valence-electron chi connectivity index (χ4n) is 1.89. The van der Waals surface area contributed by atoms with Crippen molar-refractivity contribution in [3.8, 4) is 0 Å². The van der Waals surface area contributed by atoms with Crippen LogP contribution in [0.25, 0.3) is 0 Å². The van der Waals surface area contributed by atoms with Crippen LogP contribution in [0.3, 0.4) is 0 Å². The fraction of sp³-hybridized carbons (Fsp3) is 0.909. The van der Waals surface area contributed by atoms with Crippen molar-refractivity contribution in [2.75, 3.05) is 33.3 Å². The topological polar surface area (TPSA) is 50.4 Å². The van der Waals surface area contributed by atoms with Crippen molar-refractivity contribution < 1.29 is 9.53 Å². The molecule has 0 aliphatic carbocycles. The molecule has 0 saturated carbocycles. The van der Waals surface area contributed by atoms with E-state index in [9.17, 15) is 4.79 Å². The van der Waals surface area contributed by atoms with Gasteiger partial charge >= 0.3 is 5.97 Å². The highest BCUT2D eigenvalue weighted by molar-refractivity contribution is 5.69. The van der Waals surface area contributed by atoms with Gasteiger partial charge in [-0.15, -0.1) is 0 Å². The van der Waals surface area contributed by atoms with E-state index < -0.39 is 0 Å². The number of esters is 1. The zero-order chi connectivity index (χ0) is 10.9. The maximum Gasteiger partial charge on any atom is 0.306 e. The van der Waals surface area contributed by atoms with E-state index in [1.54, 1.807) is 0 Å². The minimum atomic E-state index is -0.135. The molecule has 1 rings (SSSR count). The molecule has 0 spiro atoms. The highest BCUT2D eigenvalue weighted by atomic mass is 16.5. The number of hydrogen-bond acceptors (Lipinski definition) is 4. The number of ether oxygens (including phenoxy) is 1. The summed E-state index contributed by atoms with van der Waals surface area (Å²) in [5.41, 5.74) is 0. The summed E-state index contributed by atoms with van der Waals surface area (Å²) < 4.78 is 4.56. The Morgan fingerprint density at radius 3 is 2.80 bits per heavy atom. The molecular weight excluding hydrogens is 192 g/mol. The fourth-order valence-corrected chi connectivity index (χ4v) is 1.89. The first kappa shape index (κ1) is 12.5. The first-order valence-electron chi connectivity index (χ1n) is 5.81. The normalized spacial score (nSPS) is 17.7. The summed E-state index contributed by atoms with van der Waals surface area (Å²) in [6.45, 7) is 4.07. The van der Waals surface area contributed by atoms with E-state index in [2.05, 4.69) is 15.4 Å². The standard InChI is InChI=1S/C11H22N2O2/c1-15-11(14)5-9-13-8-4-10-2-6-12-7-3-10/h10,12-13H,2-9H2,1H3. The Morgan fingerprint density at radius 1 is 1.40 bits per heavy atom. The van der Waals surface area contributed by atoms with Crippen molar-refractivity contribution in [1.29, 1.82) is 0 Å². The second-order valence-electron chi connectivity index (χ2n) is 4.06. The summed E-state index contributed by atoms with van der Waals surface area (Å²) in [5, 5.41) is 6.63. The smallest absolute Gasteiger partial charge is 0.306 e. The maximum absolute atomic E-state index is 10.8. The van der Waals surface area contributed by atoms with Gasteiger partial charge in [0.15, 0.2) is 0 Å². The first-order valence-corrected chi connectivity index (χ1v) is 5.81. The Labute approximate surface area is 91.8 Å². The number of hydrogen-bond donors (Lipinski definition) is 2. The molecule has 88 valence electrons. The van der Waals surface area contributed by atoms with Crippen molar-refractivity contribution in [2.45, 2.75) is 25.7 Å². The van der Waals surface area contributed by atoms with Crippen molar-refractivity contribution in [1.82, 2.24) is 10.6 Å². The maximum atomic E-state index is 10.8. The molecule has 0 atom stereocenters.